The molecule has 1 aliphatic rings. The molecule has 0 saturated heterocycles. The summed E-state index contributed by atoms with van der Waals surface area (Å²) in [5, 5.41) is 2.23. The summed E-state index contributed by atoms with van der Waals surface area (Å²) in [6.45, 7) is 0. The van der Waals surface area contributed by atoms with Crippen LogP contribution in [0, 0.1) is 35.2 Å². The number of benzene rings is 1. The molecule has 1 fully saturated rings. The van der Waals surface area contributed by atoms with Crippen molar-refractivity contribution < 1.29 is 26.3 Å². The number of pyridine rings is 1. The van der Waals surface area contributed by atoms with Crippen LogP contribution in [0.15, 0.2) is 18.2 Å². The van der Waals surface area contributed by atoms with Crippen LogP contribution in [0.4, 0.5) is 32.0 Å². The van der Waals surface area contributed by atoms with Crippen molar-refractivity contribution in [2.75, 3.05) is 5.32 Å². The third-order valence-electron chi connectivity index (χ3n) is 3.49. The Morgan fingerprint density at radius 3 is 2.00 bits per heavy atom. The Hall–Kier alpha value is -2.25. The summed E-state index contributed by atoms with van der Waals surface area (Å²) in [6.07, 6.45) is 0.169. The number of rotatable bonds is 3. The number of aromatic nitrogens is 1. The third-order valence-corrected chi connectivity index (χ3v) is 3.49. The van der Waals surface area contributed by atoms with E-state index in [1.807, 2.05) is 0 Å². The van der Waals surface area contributed by atoms with Crippen molar-refractivity contribution in [3.8, 4) is 0 Å². The Balaban J connectivity index is 1.86. The fraction of sp³-hybridized carbons (Fsp3) is 0.214. The van der Waals surface area contributed by atoms with Gasteiger partial charge in [-0.25, -0.2) is 8.78 Å². The fourth-order valence-corrected chi connectivity index (χ4v) is 2.34. The van der Waals surface area contributed by atoms with Gasteiger partial charge in [-0.05, 0) is 18.6 Å². The average Bonchev–Trinajstić information content (AvgIpc) is 3.20. The van der Waals surface area contributed by atoms with Gasteiger partial charge in [0, 0.05) is 17.5 Å². The summed E-state index contributed by atoms with van der Waals surface area (Å²) in [5.41, 5.74) is -1.26. The van der Waals surface area contributed by atoms with Gasteiger partial charge in [0.1, 0.15) is 17.3 Å². The van der Waals surface area contributed by atoms with Crippen molar-refractivity contribution in [2.24, 2.45) is 0 Å². The molecule has 2 aromatic rings. The van der Waals surface area contributed by atoms with Crippen LogP contribution < -0.4 is 5.32 Å². The molecule has 116 valence electrons. The maximum atomic E-state index is 13.6. The van der Waals surface area contributed by atoms with Crippen molar-refractivity contribution in [1.29, 1.82) is 0 Å². The molecule has 2 nitrogen and oxygen atoms in total. The fourth-order valence-electron chi connectivity index (χ4n) is 2.34. The van der Waals surface area contributed by atoms with Gasteiger partial charge in [-0.15, -0.1) is 0 Å². The smallest absolute Gasteiger partial charge is 0.253 e. The van der Waals surface area contributed by atoms with Crippen LogP contribution in [0.3, 0.4) is 0 Å². The molecule has 1 saturated carbocycles. The molecule has 1 aromatic heterocycles. The number of hydrogen-bond acceptors (Lipinski definition) is 2. The first-order valence-corrected chi connectivity index (χ1v) is 6.30. The molecule has 0 bridgehead atoms. The highest BCUT2D eigenvalue weighted by Gasteiger charge is 2.43. The standard InChI is InChI=1S/C14H8F6N2/c15-6-2-1-3-7(16)9(6)5-4-8(5)21-12-10(17)13(19)22-14(20)11(12)18/h1-3,5,8H,4H2,(H,21,22). The molecule has 0 amide bonds. The Morgan fingerprint density at radius 2 is 1.45 bits per heavy atom. The van der Waals surface area contributed by atoms with Gasteiger partial charge in [0.15, 0.2) is 0 Å². The molecular formula is C14H8F6N2. The molecule has 1 aromatic carbocycles. The number of anilines is 1. The van der Waals surface area contributed by atoms with E-state index in [0.29, 0.717) is 0 Å². The zero-order valence-corrected chi connectivity index (χ0v) is 10.8. The van der Waals surface area contributed by atoms with Gasteiger partial charge >= 0.3 is 0 Å². The minimum Gasteiger partial charge on any atom is -0.377 e. The van der Waals surface area contributed by atoms with Crippen molar-refractivity contribution >= 4 is 5.69 Å². The second kappa shape index (κ2) is 5.19. The molecule has 3 rings (SSSR count). The minimum absolute atomic E-state index is 0.169. The molecule has 1 aliphatic carbocycles. The molecule has 1 heterocycles. The van der Waals surface area contributed by atoms with Crippen LogP contribution in [-0.2, 0) is 0 Å². The van der Waals surface area contributed by atoms with E-state index in [-0.39, 0.29) is 12.0 Å². The van der Waals surface area contributed by atoms with Gasteiger partial charge in [0.2, 0.25) is 11.6 Å². The van der Waals surface area contributed by atoms with Crippen molar-refractivity contribution in [3.63, 3.8) is 0 Å². The van der Waals surface area contributed by atoms with Crippen LogP contribution in [-0.4, -0.2) is 11.0 Å². The van der Waals surface area contributed by atoms with Crippen molar-refractivity contribution in [3.05, 3.63) is 58.9 Å². The lowest BCUT2D eigenvalue weighted by Gasteiger charge is -2.10. The molecule has 2 atom stereocenters. The van der Waals surface area contributed by atoms with Crippen LogP contribution in [0.1, 0.15) is 17.9 Å². The van der Waals surface area contributed by atoms with E-state index >= 15 is 0 Å². The maximum absolute atomic E-state index is 13.6. The lowest BCUT2D eigenvalue weighted by Crippen LogP contribution is -2.12. The highest BCUT2D eigenvalue weighted by atomic mass is 19.2. The Labute approximate surface area is 120 Å². The molecule has 8 heteroatoms. The Kier molecular flexibility index (Phi) is 3.46. The maximum Gasteiger partial charge on any atom is 0.253 e. The second-order valence-electron chi connectivity index (χ2n) is 4.92. The lowest BCUT2D eigenvalue weighted by atomic mass is 10.1. The quantitative estimate of drug-likeness (QED) is 0.686. The zero-order valence-electron chi connectivity index (χ0n) is 10.8. The molecule has 1 N–H and O–H groups in total. The van der Waals surface area contributed by atoms with Gasteiger partial charge in [-0.2, -0.15) is 22.5 Å². The number of nitrogens with one attached hydrogen (secondary N) is 1. The van der Waals surface area contributed by atoms with Gasteiger partial charge in [0.05, 0.1) is 0 Å². The first kappa shape index (κ1) is 14.7. The molecular weight excluding hydrogens is 310 g/mol. The van der Waals surface area contributed by atoms with Gasteiger partial charge < -0.3 is 5.32 Å². The van der Waals surface area contributed by atoms with Crippen molar-refractivity contribution in [2.45, 2.75) is 18.4 Å². The van der Waals surface area contributed by atoms with Crippen molar-refractivity contribution in [1.82, 2.24) is 4.98 Å². The van der Waals surface area contributed by atoms with E-state index in [1.165, 1.54) is 6.07 Å². The molecule has 0 radical (unpaired) electrons. The molecule has 0 aliphatic heterocycles. The summed E-state index contributed by atoms with van der Waals surface area (Å²) in [7, 11) is 0. The van der Waals surface area contributed by atoms with E-state index in [2.05, 4.69) is 10.3 Å². The first-order valence-electron chi connectivity index (χ1n) is 6.30. The van der Waals surface area contributed by atoms with Crippen LogP contribution in [0.2, 0.25) is 0 Å². The first-order chi connectivity index (χ1) is 10.4. The average molecular weight is 318 g/mol. The SMILES string of the molecule is Fc1cccc(F)c1C1CC1Nc1c(F)c(F)nc(F)c1F. The highest BCUT2D eigenvalue weighted by molar-refractivity contribution is 5.49. The topological polar surface area (TPSA) is 24.9 Å². The highest BCUT2D eigenvalue weighted by Crippen LogP contribution is 2.45. The normalized spacial score (nSPS) is 20.1. The van der Waals surface area contributed by atoms with Crippen LogP contribution >= 0.6 is 0 Å². The Morgan fingerprint density at radius 1 is 0.909 bits per heavy atom. The number of nitrogens with zero attached hydrogens (tertiary/aromatic N) is 1. The lowest BCUT2D eigenvalue weighted by molar-refractivity contribution is 0.410. The second-order valence-corrected chi connectivity index (χ2v) is 4.92. The number of halogens is 6. The summed E-state index contributed by atoms with van der Waals surface area (Å²) >= 11 is 0. The summed E-state index contributed by atoms with van der Waals surface area (Å²) in [6, 6.07) is 2.56. The molecule has 2 unspecified atom stereocenters. The van der Waals surface area contributed by atoms with Gasteiger partial charge in [-0.1, -0.05) is 6.07 Å². The van der Waals surface area contributed by atoms with E-state index < -0.39 is 52.8 Å². The Bertz CT molecular complexity index is 702. The summed E-state index contributed by atoms with van der Waals surface area (Å²) in [4.78, 5) is 2.42. The monoisotopic (exact) mass is 318 g/mol. The predicted octanol–water partition coefficient (Wildman–Crippen LogP) is 3.88. The van der Waals surface area contributed by atoms with Gasteiger partial charge in [0.25, 0.3) is 11.9 Å². The molecule has 22 heavy (non-hydrogen) atoms. The molecule has 0 spiro atoms. The van der Waals surface area contributed by atoms with E-state index in [1.54, 1.807) is 0 Å². The third kappa shape index (κ3) is 2.38. The van der Waals surface area contributed by atoms with E-state index in [0.717, 1.165) is 12.1 Å². The number of hydrogen-bond donors (Lipinski definition) is 1. The van der Waals surface area contributed by atoms with Crippen LogP contribution in [0.5, 0.6) is 0 Å². The van der Waals surface area contributed by atoms with E-state index in [4.69, 9.17) is 0 Å². The minimum atomic E-state index is -1.80. The predicted molar refractivity (Wildman–Crippen MR) is 65.2 cm³/mol. The van der Waals surface area contributed by atoms with Crippen LogP contribution in [0.25, 0.3) is 0 Å². The largest absolute Gasteiger partial charge is 0.377 e. The van der Waals surface area contributed by atoms with Gasteiger partial charge in [-0.3, -0.25) is 0 Å². The summed E-state index contributed by atoms with van der Waals surface area (Å²) < 4.78 is 80.1. The van der Waals surface area contributed by atoms with E-state index in [9.17, 15) is 26.3 Å². The summed E-state index contributed by atoms with van der Waals surface area (Å²) in [5.74, 6) is -9.22. The zero-order chi connectivity index (χ0) is 16.0.